The molecule has 0 aliphatic heterocycles. The zero-order valence-electron chi connectivity index (χ0n) is 14.6. The molecule has 0 aliphatic rings. The molecule has 0 aliphatic carbocycles. The molecule has 0 saturated heterocycles. The fourth-order valence-electron chi connectivity index (χ4n) is 2.78. The van der Waals surface area contributed by atoms with Crippen LogP contribution in [0.1, 0.15) is 19.2 Å². The summed E-state index contributed by atoms with van der Waals surface area (Å²) in [5.74, 6) is 1.72. The lowest BCUT2D eigenvalue weighted by atomic mass is 10.0. The molecule has 0 spiro atoms. The van der Waals surface area contributed by atoms with Crippen LogP contribution in [0, 0.1) is 0 Å². The molecule has 1 aromatic heterocycles. The standard InChI is InChI=1S/C20H22BrN3O/c1-3-20-23-10-7-18(24-20)15-11-14-5-6-16(25-2)13-17(14)19(12-15)22-9-4-8-21/h5-7,10-13,22H,3-4,8-9H2,1-2H3. The Kier molecular flexibility index (Phi) is 5.87. The van der Waals surface area contributed by atoms with E-state index >= 15 is 0 Å². The molecule has 5 heteroatoms. The van der Waals surface area contributed by atoms with Gasteiger partial charge in [-0.05, 0) is 42.1 Å². The first kappa shape index (κ1) is 17.7. The summed E-state index contributed by atoms with van der Waals surface area (Å²) >= 11 is 3.49. The van der Waals surface area contributed by atoms with E-state index in [4.69, 9.17) is 4.74 Å². The van der Waals surface area contributed by atoms with Crippen LogP contribution in [0.2, 0.25) is 0 Å². The first-order chi connectivity index (χ1) is 12.2. The Morgan fingerprint density at radius 1 is 1.16 bits per heavy atom. The highest BCUT2D eigenvalue weighted by Crippen LogP contribution is 2.32. The molecule has 0 unspecified atom stereocenters. The van der Waals surface area contributed by atoms with Gasteiger partial charge in [-0.2, -0.15) is 0 Å². The van der Waals surface area contributed by atoms with Crippen LogP contribution >= 0.6 is 15.9 Å². The number of nitrogens with one attached hydrogen (secondary N) is 1. The van der Waals surface area contributed by atoms with Crippen molar-refractivity contribution < 1.29 is 4.74 Å². The maximum absolute atomic E-state index is 5.39. The second-order valence-corrected chi connectivity index (χ2v) is 6.58. The number of benzene rings is 2. The lowest BCUT2D eigenvalue weighted by Gasteiger charge is -2.13. The van der Waals surface area contributed by atoms with Crippen LogP contribution in [-0.4, -0.2) is 29.0 Å². The molecule has 3 rings (SSSR count). The van der Waals surface area contributed by atoms with E-state index in [-0.39, 0.29) is 0 Å². The van der Waals surface area contributed by atoms with Crippen molar-refractivity contribution in [3.63, 3.8) is 0 Å². The number of alkyl halides is 1. The third kappa shape index (κ3) is 4.10. The number of methoxy groups -OCH3 is 1. The number of anilines is 1. The fraction of sp³-hybridized carbons (Fsp3) is 0.300. The molecular formula is C20H22BrN3O. The minimum absolute atomic E-state index is 0.828. The molecule has 0 radical (unpaired) electrons. The lowest BCUT2D eigenvalue weighted by molar-refractivity contribution is 0.415. The third-order valence-electron chi connectivity index (χ3n) is 4.10. The molecule has 0 bridgehead atoms. The molecule has 4 nitrogen and oxygen atoms in total. The number of hydrogen-bond donors (Lipinski definition) is 1. The van der Waals surface area contributed by atoms with E-state index in [2.05, 4.69) is 62.4 Å². The smallest absolute Gasteiger partial charge is 0.128 e. The molecule has 0 saturated carbocycles. The second kappa shape index (κ2) is 8.30. The van der Waals surface area contributed by atoms with Crippen LogP contribution in [0.3, 0.4) is 0 Å². The Hall–Kier alpha value is -2.14. The summed E-state index contributed by atoms with van der Waals surface area (Å²) in [6.45, 7) is 2.98. The van der Waals surface area contributed by atoms with E-state index in [0.29, 0.717) is 0 Å². The molecule has 2 aromatic carbocycles. The summed E-state index contributed by atoms with van der Waals surface area (Å²) < 4.78 is 5.39. The summed E-state index contributed by atoms with van der Waals surface area (Å²) in [5.41, 5.74) is 3.15. The minimum Gasteiger partial charge on any atom is -0.497 e. The molecule has 1 N–H and O–H groups in total. The maximum Gasteiger partial charge on any atom is 0.128 e. The van der Waals surface area contributed by atoms with E-state index < -0.39 is 0 Å². The van der Waals surface area contributed by atoms with Crippen molar-refractivity contribution in [1.29, 1.82) is 0 Å². The summed E-state index contributed by atoms with van der Waals surface area (Å²) in [4.78, 5) is 8.97. The molecule has 130 valence electrons. The van der Waals surface area contributed by atoms with Gasteiger partial charge in [0, 0.05) is 41.1 Å². The average Bonchev–Trinajstić information content (AvgIpc) is 2.67. The lowest BCUT2D eigenvalue weighted by Crippen LogP contribution is -2.03. The molecule has 3 aromatic rings. The first-order valence-electron chi connectivity index (χ1n) is 8.49. The fourth-order valence-corrected chi connectivity index (χ4v) is 3.06. The number of hydrogen-bond acceptors (Lipinski definition) is 4. The average molecular weight is 400 g/mol. The largest absolute Gasteiger partial charge is 0.497 e. The highest BCUT2D eigenvalue weighted by Gasteiger charge is 2.09. The summed E-state index contributed by atoms with van der Waals surface area (Å²) in [5, 5.41) is 6.85. The van der Waals surface area contributed by atoms with Crippen LogP contribution in [0.4, 0.5) is 5.69 Å². The van der Waals surface area contributed by atoms with Gasteiger partial charge in [0.1, 0.15) is 11.6 Å². The van der Waals surface area contributed by atoms with Crippen LogP contribution in [0.15, 0.2) is 42.6 Å². The number of aromatic nitrogens is 2. The quantitative estimate of drug-likeness (QED) is 0.445. The van der Waals surface area contributed by atoms with Gasteiger partial charge in [-0.25, -0.2) is 9.97 Å². The van der Waals surface area contributed by atoms with Gasteiger partial charge in [-0.3, -0.25) is 0 Å². The van der Waals surface area contributed by atoms with Crippen molar-refractivity contribution in [2.45, 2.75) is 19.8 Å². The normalized spacial score (nSPS) is 10.8. The summed E-state index contributed by atoms with van der Waals surface area (Å²) in [6, 6.07) is 12.5. The zero-order valence-corrected chi connectivity index (χ0v) is 16.1. The topological polar surface area (TPSA) is 47.0 Å². The third-order valence-corrected chi connectivity index (χ3v) is 4.67. The van der Waals surface area contributed by atoms with Gasteiger partial charge in [-0.1, -0.05) is 28.9 Å². The van der Waals surface area contributed by atoms with Crippen molar-refractivity contribution >= 4 is 32.4 Å². The van der Waals surface area contributed by atoms with Crippen molar-refractivity contribution in [2.24, 2.45) is 0 Å². The van der Waals surface area contributed by atoms with Crippen molar-refractivity contribution in [1.82, 2.24) is 9.97 Å². The molecule has 0 amide bonds. The van der Waals surface area contributed by atoms with Gasteiger partial charge in [-0.15, -0.1) is 0 Å². The Balaban J connectivity index is 2.10. The molecule has 1 heterocycles. The van der Waals surface area contributed by atoms with Crippen LogP contribution in [-0.2, 0) is 6.42 Å². The van der Waals surface area contributed by atoms with E-state index in [1.54, 1.807) is 7.11 Å². The Bertz CT molecular complexity index is 867. The summed E-state index contributed by atoms with van der Waals surface area (Å²) in [7, 11) is 1.70. The minimum atomic E-state index is 0.828. The second-order valence-electron chi connectivity index (χ2n) is 5.79. The Morgan fingerprint density at radius 3 is 2.80 bits per heavy atom. The zero-order chi connectivity index (χ0) is 17.6. The van der Waals surface area contributed by atoms with Gasteiger partial charge >= 0.3 is 0 Å². The molecular weight excluding hydrogens is 378 g/mol. The van der Waals surface area contributed by atoms with Crippen molar-refractivity contribution in [3.8, 4) is 17.0 Å². The van der Waals surface area contributed by atoms with Gasteiger partial charge in [0.05, 0.1) is 12.8 Å². The number of nitrogens with zero attached hydrogens (tertiary/aromatic N) is 2. The number of rotatable bonds is 7. The van der Waals surface area contributed by atoms with E-state index in [9.17, 15) is 0 Å². The van der Waals surface area contributed by atoms with Gasteiger partial charge in [0.2, 0.25) is 0 Å². The van der Waals surface area contributed by atoms with Gasteiger partial charge < -0.3 is 10.1 Å². The summed E-state index contributed by atoms with van der Waals surface area (Å²) in [6.07, 6.45) is 3.72. The predicted molar refractivity (Wildman–Crippen MR) is 108 cm³/mol. The Morgan fingerprint density at radius 2 is 2.04 bits per heavy atom. The molecule has 25 heavy (non-hydrogen) atoms. The number of halogens is 1. The highest BCUT2D eigenvalue weighted by atomic mass is 79.9. The van der Waals surface area contributed by atoms with Crippen LogP contribution < -0.4 is 10.1 Å². The number of aryl methyl sites for hydroxylation is 1. The van der Waals surface area contributed by atoms with Crippen LogP contribution in [0.25, 0.3) is 22.0 Å². The number of ether oxygens (including phenoxy) is 1. The Labute approximate surface area is 156 Å². The van der Waals surface area contributed by atoms with E-state index in [0.717, 1.165) is 64.0 Å². The van der Waals surface area contributed by atoms with Gasteiger partial charge in [0.25, 0.3) is 0 Å². The molecule has 0 fully saturated rings. The van der Waals surface area contributed by atoms with E-state index in [1.165, 1.54) is 0 Å². The monoisotopic (exact) mass is 399 g/mol. The maximum atomic E-state index is 5.39. The highest BCUT2D eigenvalue weighted by molar-refractivity contribution is 9.09. The van der Waals surface area contributed by atoms with Crippen molar-refractivity contribution in [2.75, 3.05) is 24.3 Å². The predicted octanol–water partition coefficient (Wildman–Crippen LogP) is 5.06. The molecule has 0 atom stereocenters. The van der Waals surface area contributed by atoms with Crippen LogP contribution in [0.5, 0.6) is 5.75 Å². The number of fused-ring (bicyclic) bond motifs is 1. The first-order valence-corrected chi connectivity index (χ1v) is 9.61. The SMILES string of the molecule is CCc1nccc(-c2cc(NCCCBr)c3cc(OC)ccc3c2)n1. The van der Waals surface area contributed by atoms with E-state index in [1.807, 2.05) is 18.3 Å². The van der Waals surface area contributed by atoms with Crippen molar-refractivity contribution in [3.05, 3.63) is 48.4 Å². The van der Waals surface area contributed by atoms with Gasteiger partial charge in [0.15, 0.2) is 0 Å².